The molecule has 46 heavy (non-hydrogen) atoms. The summed E-state index contributed by atoms with van der Waals surface area (Å²) >= 11 is 0. The van der Waals surface area contributed by atoms with E-state index >= 15 is 0 Å². The SMILES string of the molecule is CCCCC/C=C\CCCCCCC(O)C(=O)NC(CO)C(O)/C=C/CC/C=C/CCCCCCCCCCCCCCCCC. The Balaban J connectivity index is 3.74. The standard InChI is InChI=1S/C41H77NO4/c1-3-5-7-9-11-13-15-16-17-18-19-20-21-22-23-24-26-27-29-31-33-35-39(44)38(37-43)42-41(46)40(45)36-34-32-30-28-25-14-12-10-8-6-4-2/h12,14,26-27,33,35,38-40,43-45H,3-11,13,15-25,28-32,34,36-37H2,1-2H3,(H,42,46)/b14-12-,27-26+,35-33+. The molecule has 0 aliphatic heterocycles. The van der Waals surface area contributed by atoms with E-state index in [9.17, 15) is 20.1 Å². The molecule has 0 aromatic rings. The third-order valence-corrected chi connectivity index (χ3v) is 8.95. The average molecular weight is 648 g/mol. The van der Waals surface area contributed by atoms with Gasteiger partial charge in [-0.1, -0.05) is 172 Å². The highest BCUT2D eigenvalue weighted by Gasteiger charge is 2.22. The molecule has 0 bridgehead atoms. The lowest BCUT2D eigenvalue weighted by Gasteiger charge is -2.21. The lowest BCUT2D eigenvalue weighted by atomic mass is 10.0. The number of carbonyl (C=O) groups excluding carboxylic acids is 1. The number of aliphatic hydroxyl groups excluding tert-OH is 3. The summed E-state index contributed by atoms with van der Waals surface area (Å²) in [7, 11) is 0. The van der Waals surface area contributed by atoms with Crippen LogP contribution in [0.15, 0.2) is 36.5 Å². The van der Waals surface area contributed by atoms with Crippen LogP contribution >= 0.6 is 0 Å². The van der Waals surface area contributed by atoms with E-state index in [4.69, 9.17) is 0 Å². The Kier molecular flexibility index (Phi) is 35.3. The van der Waals surface area contributed by atoms with Crippen LogP contribution in [-0.4, -0.2) is 46.1 Å². The van der Waals surface area contributed by atoms with Gasteiger partial charge < -0.3 is 20.6 Å². The molecule has 0 heterocycles. The van der Waals surface area contributed by atoms with E-state index < -0.39 is 24.2 Å². The van der Waals surface area contributed by atoms with Crippen molar-refractivity contribution in [2.75, 3.05) is 6.61 Å². The van der Waals surface area contributed by atoms with Crippen LogP contribution < -0.4 is 5.32 Å². The molecule has 0 spiro atoms. The molecule has 270 valence electrons. The van der Waals surface area contributed by atoms with Crippen LogP contribution in [0.4, 0.5) is 0 Å². The Morgan fingerprint density at radius 3 is 1.37 bits per heavy atom. The summed E-state index contributed by atoms with van der Waals surface area (Å²) in [6.45, 7) is 4.12. The number of allylic oxidation sites excluding steroid dienone is 5. The van der Waals surface area contributed by atoms with Crippen molar-refractivity contribution in [2.45, 2.75) is 212 Å². The number of carbonyl (C=O) groups is 1. The molecule has 0 aromatic carbocycles. The summed E-state index contributed by atoms with van der Waals surface area (Å²) in [4.78, 5) is 12.4. The van der Waals surface area contributed by atoms with Gasteiger partial charge in [-0.25, -0.2) is 0 Å². The highest BCUT2D eigenvalue weighted by atomic mass is 16.3. The summed E-state index contributed by atoms with van der Waals surface area (Å²) in [6, 6.07) is -0.817. The van der Waals surface area contributed by atoms with Crippen molar-refractivity contribution in [3.63, 3.8) is 0 Å². The fourth-order valence-electron chi connectivity index (χ4n) is 5.78. The molecular weight excluding hydrogens is 570 g/mol. The van der Waals surface area contributed by atoms with E-state index in [2.05, 4.69) is 43.5 Å². The monoisotopic (exact) mass is 648 g/mol. The highest BCUT2D eigenvalue weighted by Crippen LogP contribution is 2.14. The fraction of sp³-hybridized carbons (Fsp3) is 0.829. The number of hydrogen-bond donors (Lipinski definition) is 4. The number of aliphatic hydroxyl groups is 3. The van der Waals surface area contributed by atoms with Crippen molar-refractivity contribution in [2.24, 2.45) is 0 Å². The number of unbranched alkanes of at least 4 members (excludes halogenated alkanes) is 23. The number of nitrogens with one attached hydrogen (secondary N) is 1. The molecule has 5 nitrogen and oxygen atoms in total. The Hall–Kier alpha value is -1.43. The molecule has 4 N–H and O–H groups in total. The topological polar surface area (TPSA) is 89.8 Å². The maximum Gasteiger partial charge on any atom is 0.249 e. The minimum Gasteiger partial charge on any atom is -0.394 e. The molecule has 0 rings (SSSR count). The summed E-state index contributed by atoms with van der Waals surface area (Å²) in [6.07, 6.45) is 44.6. The Morgan fingerprint density at radius 2 is 0.891 bits per heavy atom. The van der Waals surface area contributed by atoms with Gasteiger partial charge in [0.25, 0.3) is 0 Å². The zero-order valence-corrected chi connectivity index (χ0v) is 30.5. The molecule has 0 radical (unpaired) electrons. The van der Waals surface area contributed by atoms with Crippen molar-refractivity contribution in [3.05, 3.63) is 36.5 Å². The van der Waals surface area contributed by atoms with E-state index in [1.807, 2.05) is 6.08 Å². The minimum atomic E-state index is -1.11. The first kappa shape index (κ1) is 44.6. The van der Waals surface area contributed by atoms with Crippen LogP contribution in [0.3, 0.4) is 0 Å². The lowest BCUT2D eigenvalue weighted by Crippen LogP contribution is -2.48. The zero-order chi connectivity index (χ0) is 33.8. The zero-order valence-electron chi connectivity index (χ0n) is 30.5. The van der Waals surface area contributed by atoms with Crippen LogP contribution in [0.5, 0.6) is 0 Å². The van der Waals surface area contributed by atoms with Gasteiger partial charge in [0.05, 0.1) is 18.8 Å². The second kappa shape index (κ2) is 36.4. The van der Waals surface area contributed by atoms with E-state index in [0.717, 1.165) is 51.4 Å². The molecule has 0 fully saturated rings. The third kappa shape index (κ3) is 31.2. The van der Waals surface area contributed by atoms with E-state index in [1.54, 1.807) is 6.08 Å². The van der Waals surface area contributed by atoms with Gasteiger partial charge >= 0.3 is 0 Å². The van der Waals surface area contributed by atoms with Gasteiger partial charge in [0.15, 0.2) is 0 Å². The number of rotatable bonds is 35. The van der Waals surface area contributed by atoms with Gasteiger partial charge in [-0.3, -0.25) is 4.79 Å². The summed E-state index contributed by atoms with van der Waals surface area (Å²) in [5, 5.41) is 32.9. The van der Waals surface area contributed by atoms with Crippen molar-refractivity contribution in [1.82, 2.24) is 5.32 Å². The maximum atomic E-state index is 12.4. The number of amides is 1. The van der Waals surface area contributed by atoms with Gasteiger partial charge in [0.1, 0.15) is 6.10 Å². The second-order valence-corrected chi connectivity index (χ2v) is 13.5. The van der Waals surface area contributed by atoms with Crippen LogP contribution in [0, 0.1) is 0 Å². The van der Waals surface area contributed by atoms with Gasteiger partial charge in [-0.15, -0.1) is 0 Å². The summed E-state index contributed by atoms with van der Waals surface area (Å²) < 4.78 is 0. The molecule has 0 saturated carbocycles. The van der Waals surface area contributed by atoms with E-state index in [-0.39, 0.29) is 6.61 Å². The third-order valence-electron chi connectivity index (χ3n) is 8.95. The van der Waals surface area contributed by atoms with E-state index in [1.165, 1.54) is 122 Å². The molecule has 0 saturated heterocycles. The summed E-state index contributed by atoms with van der Waals surface area (Å²) in [5.74, 6) is -0.525. The molecule has 0 aromatic heterocycles. The molecule has 1 amide bonds. The van der Waals surface area contributed by atoms with Gasteiger partial charge in [-0.05, 0) is 57.8 Å². The fourth-order valence-corrected chi connectivity index (χ4v) is 5.78. The van der Waals surface area contributed by atoms with E-state index in [0.29, 0.717) is 6.42 Å². The maximum absolute atomic E-state index is 12.4. The van der Waals surface area contributed by atoms with Crippen molar-refractivity contribution in [3.8, 4) is 0 Å². The molecule has 3 unspecified atom stereocenters. The van der Waals surface area contributed by atoms with Crippen molar-refractivity contribution in [1.29, 1.82) is 0 Å². The first-order chi connectivity index (χ1) is 22.6. The molecular formula is C41H77NO4. The Bertz CT molecular complexity index is 719. The van der Waals surface area contributed by atoms with Gasteiger partial charge in [0.2, 0.25) is 5.91 Å². The largest absolute Gasteiger partial charge is 0.394 e. The molecule has 5 heteroatoms. The van der Waals surface area contributed by atoms with Crippen LogP contribution in [0.2, 0.25) is 0 Å². The predicted octanol–water partition coefficient (Wildman–Crippen LogP) is 10.8. The smallest absolute Gasteiger partial charge is 0.249 e. The molecule has 0 aliphatic rings. The average Bonchev–Trinajstić information content (AvgIpc) is 3.06. The van der Waals surface area contributed by atoms with Crippen LogP contribution in [0.1, 0.15) is 194 Å². The van der Waals surface area contributed by atoms with Crippen LogP contribution in [-0.2, 0) is 4.79 Å². The lowest BCUT2D eigenvalue weighted by molar-refractivity contribution is -0.131. The summed E-state index contributed by atoms with van der Waals surface area (Å²) in [5.41, 5.74) is 0. The Labute approximate surface area is 285 Å². The molecule has 0 aliphatic carbocycles. The first-order valence-electron chi connectivity index (χ1n) is 19.8. The Morgan fingerprint density at radius 1 is 0.522 bits per heavy atom. The van der Waals surface area contributed by atoms with Gasteiger partial charge in [-0.2, -0.15) is 0 Å². The van der Waals surface area contributed by atoms with Gasteiger partial charge in [0, 0.05) is 0 Å². The quantitative estimate of drug-likeness (QED) is 0.0407. The predicted molar refractivity (Wildman–Crippen MR) is 199 cm³/mol. The molecule has 3 atom stereocenters. The van der Waals surface area contributed by atoms with Crippen molar-refractivity contribution >= 4 is 5.91 Å². The van der Waals surface area contributed by atoms with Crippen LogP contribution in [0.25, 0.3) is 0 Å². The van der Waals surface area contributed by atoms with Crippen molar-refractivity contribution < 1.29 is 20.1 Å². The highest BCUT2D eigenvalue weighted by molar-refractivity contribution is 5.80. The normalized spacial score (nSPS) is 14.1. The second-order valence-electron chi connectivity index (χ2n) is 13.5. The minimum absolute atomic E-state index is 0.380. The number of hydrogen-bond acceptors (Lipinski definition) is 4. The first-order valence-corrected chi connectivity index (χ1v) is 19.8.